The van der Waals surface area contributed by atoms with Crippen molar-refractivity contribution in [2.24, 2.45) is 0 Å². The van der Waals surface area contributed by atoms with Gasteiger partial charge in [0, 0.05) is 31.1 Å². The third-order valence-electron chi connectivity index (χ3n) is 4.19. The predicted molar refractivity (Wildman–Crippen MR) is 74.7 cm³/mol. The van der Waals surface area contributed by atoms with E-state index in [0.29, 0.717) is 0 Å². The second kappa shape index (κ2) is 5.19. The van der Waals surface area contributed by atoms with Gasteiger partial charge < -0.3 is 5.11 Å². The number of aliphatic hydroxyl groups is 1. The molecule has 98 valence electrons. The van der Waals surface area contributed by atoms with E-state index in [9.17, 15) is 5.11 Å². The molecule has 0 aliphatic carbocycles. The lowest BCUT2D eigenvalue weighted by Crippen LogP contribution is -2.47. The molecule has 1 atom stereocenters. The smallest absolute Gasteiger partial charge is 0.109 e. The minimum atomic E-state index is -0.705. The van der Waals surface area contributed by atoms with Crippen LogP contribution in [0.25, 0.3) is 0 Å². The molecular formula is C14H20N2OS. The normalized spacial score (nSPS) is 28.4. The van der Waals surface area contributed by atoms with Gasteiger partial charge in [0.25, 0.3) is 0 Å². The van der Waals surface area contributed by atoms with Crippen LogP contribution < -0.4 is 0 Å². The fourth-order valence-electron chi connectivity index (χ4n) is 2.96. The first-order chi connectivity index (χ1) is 8.78. The summed E-state index contributed by atoms with van der Waals surface area (Å²) in [7, 11) is 0. The highest BCUT2D eigenvalue weighted by molar-refractivity contribution is 7.99. The Kier molecular flexibility index (Phi) is 3.59. The highest BCUT2D eigenvalue weighted by Crippen LogP contribution is 2.34. The predicted octanol–water partition coefficient (Wildman–Crippen LogP) is 1.87. The largest absolute Gasteiger partial charge is 0.383 e. The van der Waals surface area contributed by atoms with Crippen LogP contribution in [0.5, 0.6) is 0 Å². The topological polar surface area (TPSA) is 36.4 Å². The highest BCUT2D eigenvalue weighted by Gasteiger charge is 2.37. The van der Waals surface area contributed by atoms with Crippen molar-refractivity contribution >= 4 is 11.8 Å². The van der Waals surface area contributed by atoms with Gasteiger partial charge in [0.15, 0.2) is 0 Å². The van der Waals surface area contributed by atoms with Gasteiger partial charge in [0.05, 0.1) is 5.69 Å². The number of hydrogen-bond donors (Lipinski definition) is 1. The molecule has 3 rings (SSSR count). The SMILES string of the molecule is OC1(c2ccccn2)CCN([C@@H]2CCSC2)CC1. The van der Waals surface area contributed by atoms with E-state index in [4.69, 9.17) is 0 Å². The van der Waals surface area contributed by atoms with E-state index in [1.54, 1.807) is 6.20 Å². The van der Waals surface area contributed by atoms with Crippen molar-refractivity contribution in [2.75, 3.05) is 24.6 Å². The molecule has 0 radical (unpaired) electrons. The average molecular weight is 264 g/mol. The molecule has 2 aliphatic rings. The fraction of sp³-hybridized carbons (Fsp3) is 0.643. The molecule has 2 aliphatic heterocycles. The fourth-order valence-corrected chi connectivity index (χ4v) is 4.22. The lowest BCUT2D eigenvalue weighted by Gasteiger charge is -2.40. The number of pyridine rings is 1. The zero-order chi connectivity index (χ0) is 12.4. The van der Waals surface area contributed by atoms with Gasteiger partial charge in [-0.05, 0) is 37.1 Å². The molecule has 18 heavy (non-hydrogen) atoms. The van der Waals surface area contributed by atoms with Crippen LogP contribution in [0.2, 0.25) is 0 Å². The molecule has 0 unspecified atom stereocenters. The van der Waals surface area contributed by atoms with E-state index in [-0.39, 0.29) is 0 Å². The second-order valence-electron chi connectivity index (χ2n) is 5.30. The Balaban J connectivity index is 1.65. The maximum absolute atomic E-state index is 10.7. The summed E-state index contributed by atoms with van der Waals surface area (Å²) in [5.41, 5.74) is 0.134. The molecule has 0 spiro atoms. The van der Waals surface area contributed by atoms with Gasteiger partial charge in [0.2, 0.25) is 0 Å². The number of nitrogens with zero attached hydrogens (tertiary/aromatic N) is 2. The molecule has 4 heteroatoms. The van der Waals surface area contributed by atoms with Crippen LogP contribution in [0.1, 0.15) is 25.0 Å². The van der Waals surface area contributed by atoms with Crippen molar-refractivity contribution in [1.82, 2.24) is 9.88 Å². The Hall–Kier alpha value is -0.580. The summed E-state index contributed by atoms with van der Waals surface area (Å²) in [5.74, 6) is 2.56. The van der Waals surface area contributed by atoms with E-state index in [1.807, 2.05) is 18.2 Å². The molecule has 0 saturated carbocycles. The van der Waals surface area contributed by atoms with E-state index in [0.717, 1.165) is 37.7 Å². The van der Waals surface area contributed by atoms with Gasteiger partial charge in [-0.15, -0.1) is 0 Å². The molecule has 2 fully saturated rings. The van der Waals surface area contributed by atoms with Crippen molar-refractivity contribution in [3.8, 4) is 0 Å². The van der Waals surface area contributed by atoms with Crippen LogP contribution in [0.3, 0.4) is 0 Å². The van der Waals surface area contributed by atoms with Gasteiger partial charge >= 0.3 is 0 Å². The Bertz CT molecular complexity index is 384. The molecule has 0 amide bonds. The lowest BCUT2D eigenvalue weighted by molar-refractivity contribution is -0.0364. The average Bonchev–Trinajstić information content (AvgIpc) is 2.95. The van der Waals surface area contributed by atoms with Crippen LogP contribution >= 0.6 is 11.8 Å². The standard InChI is InChI=1S/C14H20N2OS/c17-14(13-3-1-2-7-15-13)5-8-16(9-6-14)12-4-10-18-11-12/h1-3,7,12,17H,4-6,8-11H2/t12-/m1/s1. The van der Waals surface area contributed by atoms with Gasteiger partial charge in [0.1, 0.15) is 5.60 Å². The quantitative estimate of drug-likeness (QED) is 0.885. The Morgan fingerprint density at radius 3 is 2.78 bits per heavy atom. The van der Waals surface area contributed by atoms with Crippen LogP contribution in [-0.4, -0.2) is 45.6 Å². The maximum atomic E-state index is 10.7. The minimum Gasteiger partial charge on any atom is -0.383 e. The van der Waals surface area contributed by atoms with Crippen LogP contribution in [0.15, 0.2) is 24.4 Å². The number of thioether (sulfide) groups is 1. The summed E-state index contributed by atoms with van der Waals surface area (Å²) < 4.78 is 0. The molecule has 0 aromatic carbocycles. The Labute approximate surface area is 113 Å². The maximum Gasteiger partial charge on any atom is 0.109 e. The van der Waals surface area contributed by atoms with Crippen LogP contribution in [0, 0.1) is 0 Å². The van der Waals surface area contributed by atoms with Crippen LogP contribution in [0.4, 0.5) is 0 Å². The van der Waals surface area contributed by atoms with Crippen molar-refractivity contribution in [3.05, 3.63) is 30.1 Å². The first kappa shape index (κ1) is 12.5. The first-order valence-electron chi connectivity index (χ1n) is 6.74. The summed E-state index contributed by atoms with van der Waals surface area (Å²) in [6.07, 6.45) is 4.70. The number of rotatable bonds is 2. The zero-order valence-corrected chi connectivity index (χ0v) is 11.4. The second-order valence-corrected chi connectivity index (χ2v) is 6.45. The Morgan fingerprint density at radius 1 is 1.33 bits per heavy atom. The molecule has 1 aromatic rings. The number of piperidine rings is 1. The first-order valence-corrected chi connectivity index (χ1v) is 7.89. The van der Waals surface area contributed by atoms with Crippen molar-refractivity contribution in [3.63, 3.8) is 0 Å². The number of aromatic nitrogens is 1. The highest BCUT2D eigenvalue weighted by atomic mass is 32.2. The molecule has 1 aromatic heterocycles. The van der Waals surface area contributed by atoms with Crippen molar-refractivity contribution < 1.29 is 5.11 Å². The van der Waals surface area contributed by atoms with E-state index >= 15 is 0 Å². The van der Waals surface area contributed by atoms with Crippen molar-refractivity contribution in [1.29, 1.82) is 0 Å². The third-order valence-corrected chi connectivity index (χ3v) is 5.33. The molecular weight excluding hydrogens is 244 g/mol. The molecule has 2 saturated heterocycles. The summed E-state index contributed by atoms with van der Waals surface area (Å²) in [4.78, 5) is 6.88. The molecule has 3 heterocycles. The lowest BCUT2D eigenvalue weighted by atomic mass is 9.87. The van der Waals surface area contributed by atoms with Crippen molar-refractivity contribution in [2.45, 2.75) is 30.9 Å². The Morgan fingerprint density at radius 2 is 2.17 bits per heavy atom. The third kappa shape index (κ3) is 2.42. The van der Waals surface area contributed by atoms with Gasteiger partial charge in [-0.3, -0.25) is 9.88 Å². The summed E-state index contributed by atoms with van der Waals surface area (Å²) >= 11 is 2.06. The summed E-state index contributed by atoms with van der Waals surface area (Å²) in [6, 6.07) is 6.54. The monoisotopic (exact) mass is 264 g/mol. The molecule has 3 nitrogen and oxygen atoms in total. The minimum absolute atomic E-state index is 0.705. The number of hydrogen-bond acceptors (Lipinski definition) is 4. The molecule has 1 N–H and O–H groups in total. The summed E-state index contributed by atoms with van der Waals surface area (Å²) in [5, 5.41) is 10.7. The van der Waals surface area contributed by atoms with Gasteiger partial charge in [-0.2, -0.15) is 11.8 Å². The van der Waals surface area contributed by atoms with E-state index in [2.05, 4.69) is 21.6 Å². The van der Waals surface area contributed by atoms with Gasteiger partial charge in [-0.1, -0.05) is 6.07 Å². The zero-order valence-electron chi connectivity index (χ0n) is 10.6. The van der Waals surface area contributed by atoms with Crippen LogP contribution in [-0.2, 0) is 5.60 Å². The van der Waals surface area contributed by atoms with E-state index in [1.165, 1.54) is 17.9 Å². The molecule has 0 bridgehead atoms. The summed E-state index contributed by atoms with van der Waals surface area (Å²) in [6.45, 7) is 2.00. The van der Waals surface area contributed by atoms with E-state index < -0.39 is 5.60 Å². The number of likely N-dealkylation sites (tertiary alicyclic amines) is 1. The van der Waals surface area contributed by atoms with Gasteiger partial charge in [-0.25, -0.2) is 0 Å².